The normalized spacial score (nSPS) is 11.6. The van der Waals surface area contributed by atoms with Gasteiger partial charge in [-0.2, -0.15) is 0 Å². The first-order valence-corrected chi connectivity index (χ1v) is 11.3. The highest BCUT2D eigenvalue weighted by atomic mass is 35.5. The minimum absolute atomic E-state index is 0.161. The number of hydrogen-bond acceptors (Lipinski definition) is 7. The maximum Gasteiger partial charge on any atom is 0.352 e. The molecule has 9 nitrogen and oxygen atoms in total. The Morgan fingerprint density at radius 1 is 1.06 bits per heavy atom. The second-order valence-corrected chi connectivity index (χ2v) is 8.51. The van der Waals surface area contributed by atoms with E-state index in [2.05, 4.69) is 12.2 Å². The topological polar surface area (TPSA) is 104 Å². The van der Waals surface area contributed by atoms with Gasteiger partial charge in [-0.15, -0.1) is 5.01 Å². The number of carbonyl (C=O) groups excluding carboxylic acids is 2. The standard InChI is InChI=1S/C24H30ClN3O6/c1-5-6-7-16-27(4)28(31)26-33-17-32-23(30)24(2,3)34-21-14-10-19(11-15-21)22(29)18-8-12-20(25)13-9-18/h8-15H,5-7,16-17H2,1-4H3/b28-26-. The Bertz CT molecular complexity index is 977. The average Bonchev–Trinajstić information content (AvgIpc) is 2.81. The number of benzene rings is 2. The Kier molecular flexibility index (Phi) is 10.1. The van der Waals surface area contributed by atoms with Crippen molar-refractivity contribution in [3.63, 3.8) is 0 Å². The molecule has 0 aliphatic carbocycles. The molecule has 2 rings (SSSR count). The summed E-state index contributed by atoms with van der Waals surface area (Å²) in [4.78, 5) is 30.0. The third kappa shape index (κ3) is 8.22. The number of hydrogen-bond donors (Lipinski definition) is 0. The van der Waals surface area contributed by atoms with Crippen molar-refractivity contribution < 1.29 is 28.9 Å². The number of rotatable bonds is 13. The van der Waals surface area contributed by atoms with Crippen LogP contribution in [-0.4, -0.2) is 47.7 Å². The summed E-state index contributed by atoms with van der Waals surface area (Å²) in [7, 11) is 1.59. The quantitative estimate of drug-likeness (QED) is 0.0724. The lowest BCUT2D eigenvalue weighted by molar-refractivity contribution is -0.706. The molecule has 0 heterocycles. The van der Waals surface area contributed by atoms with E-state index < -0.39 is 18.4 Å². The Hall–Kier alpha value is -3.33. The largest absolute Gasteiger partial charge is 0.569 e. The van der Waals surface area contributed by atoms with E-state index in [0.29, 0.717) is 33.4 Å². The van der Waals surface area contributed by atoms with E-state index in [1.165, 1.54) is 18.9 Å². The van der Waals surface area contributed by atoms with Gasteiger partial charge < -0.3 is 19.5 Å². The molecule has 0 aliphatic heterocycles. The zero-order chi connectivity index (χ0) is 25.1. The molecule has 0 saturated carbocycles. The first kappa shape index (κ1) is 26.9. The van der Waals surface area contributed by atoms with E-state index in [0.717, 1.165) is 19.3 Å². The number of halogens is 1. The maximum absolute atomic E-state index is 12.6. The van der Waals surface area contributed by atoms with Gasteiger partial charge in [-0.25, -0.2) is 4.79 Å². The van der Waals surface area contributed by atoms with Gasteiger partial charge in [0.05, 0.1) is 18.6 Å². The number of ketones is 1. The van der Waals surface area contributed by atoms with Crippen molar-refractivity contribution in [2.75, 3.05) is 20.4 Å². The lowest BCUT2D eigenvalue weighted by atomic mass is 10.0. The second kappa shape index (κ2) is 12.8. The molecule has 0 aliphatic rings. The van der Waals surface area contributed by atoms with Crippen LogP contribution in [0.5, 0.6) is 5.75 Å². The number of nitrogens with zero attached hydrogens (tertiary/aromatic N) is 3. The summed E-state index contributed by atoms with van der Waals surface area (Å²) in [5, 5.41) is 17.0. The SMILES string of the molecule is CCCCCN(C)/[N+]([O-])=N/OCOC(=O)C(C)(C)Oc1ccc(C(=O)c2ccc(Cl)cc2)cc1. The third-order valence-electron chi connectivity index (χ3n) is 4.84. The first-order chi connectivity index (χ1) is 16.1. The van der Waals surface area contributed by atoms with Gasteiger partial charge in [0.1, 0.15) is 5.75 Å². The molecular formula is C24H30ClN3O6. The van der Waals surface area contributed by atoms with Crippen LogP contribution in [0, 0.1) is 5.21 Å². The molecule has 2 aromatic rings. The molecule has 2 aromatic carbocycles. The number of hydrazine groups is 1. The van der Waals surface area contributed by atoms with Gasteiger partial charge in [0, 0.05) is 16.1 Å². The molecule has 0 fully saturated rings. The van der Waals surface area contributed by atoms with E-state index in [1.807, 2.05) is 0 Å². The molecule has 184 valence electrons. The molecule has 0 unspecified atom stereocenters. The summed E-state index contributed by atoms with van der Waals surface area (Å²) < 4.78 is 10.7. The van der Waals surface area contributed by atoms with Crippen LogP contribution in [0.25, 0.3) is 0 Å². The minimum Gasteiger partial charge on any atom is -0.569 e. The molecule has 0 N–H and O–H groups in total. The van der Waals surface area contributed by atoms with Gasteiger partial charge in [-0.3, -0.25) is 4.79 Å². The van der Waals surface area contributed by atoms with Crippen molar-refractivity contribution in [1.82, 2.24) is 5.01 Å². The zero-order valence-electron chi connectivity index (χ0n) is 19.8. The molecule has 0 aromatic heterocycles. The molecule has 0 bridgehead atoms. The highest BCUT2D eigenvalue weighted by Crippen LogP contribution is 2.22. The van der Waals surface area contributed by atoms with E-state index in [-0.39, 0.29) is 5.78 Å². The van der Waals surface area contributed by atoms with Crippen LogP contribution in [0.15, 0.2) is 53.8 Å². The van der Waals surface area contributed by atoms with E-state index in [4.69, 9.17) is 25.9 Å². The predicted octanol–water partition coefficient (Wildman–Crippen LogP) is 5.16. The molecular weight excluding hydrogens is 462 g/mol. The molecule has 10 heteroatoms. The minimum atomic E-state index is -1.35. The van der Waals surface area contributed by atoms with Crippen molar-refractivity contribution in [2.24, 2.45) is 5.28 Å². The molecule has 0 spiro atoms. The number of ether oxygens (including phenoxy) is 2. The van der Waals surface area contributed by atoms with E-state index >= 15 is 0 Å². The highest BCUT2D eigenvalue weighted by Gasteiger charge is 2.32. The lowest BCUT2D eigenvalue weighted by Gasteiger charge is -2.23. The van der Waals surface area contributed by atoms with E-state index in [1.54, 1.807) is 55.6 Å². The monoisotopic (exact) mass is 491 g/mol. The van der Waals surface area contributed by atoms with Crippen LogP contribution in [0.1, 0.15) is 56.0 Å². The maximum atomic E-state index is 12.6. The fourth-order valence-corrected chi connectivity index (χ4v) is 2.97. The molecule has 0 atom stereocenters. The number of carbonyl (C=O) groups is 2. The molecule has 34 heavy (non-hydrogen) atoms. The highest BCUT2D eigenvalue weighted by molar-refractivity contribution is 6.30. The summed E-state index contributed by atoms with van der Waals surface area (Å²) >= 11 is 5.86. The van der Waals surface area contributed by atoms with Gasteiger partial charge in [0.25, 0.3) is 6.79 Å². The smallest absolute Gasteiger partial charge is 0.352 e. The van der Waals surface area contributed by atoms with Crippen molar-refractivity contribution in [3.05, 3.63) is 69.9 Å². The van der Waals surface area contributed by atoms with E-state index in [9.17, 15) is 14.8 Å². The fraction of sp³-hybridized carbons (Fsp3) is 0.417. The van der Waals surface area contributed by atoms with Crippen LogP contribution in [-0.2, 0) is 14.4 Å². The summed E-state index contributed by atoms with van der Waals surface area (Å²) in [5.74, 6) is -0.497. The van der Waals surface area contributed by atoms with Crippen LogP contribution in [0.3, 0.4) is 0 Å². The van der Waals surface area contributed by atoms with Crippen LogP contribution in [0.4, 0.5) is 0 Å². The summed E-state index contributed by atoms with van der Waals surface area (Å²) in [6.07, 6.45) is 2.91. The van der Waals surface area contributed by atoms with Crippen LogP contribution >= 0.6 is 11.6 Å². The molecule has 0 saturated heterocycles. The summed E-state index contributed by atoms with van der Waals surface area (Å²) in [6, 6.07) is 13.0. The third-order valence-corrected chi connectivity index (χ3v) is 5.09. The van der Waals surface area contributed by atoms with Gasteiger partial charge in [0.15, 0.2) is 11.4 Å². The number of unbranched alkanes of at least 4 members (excludes halogenated alkanes) is 2. The van der Waals surface area contributed by atoms with Crippen molar-refractivity contribution in [2.45, 2.75) is 45.6 Å². The van der Waals surface area contributed by atoms with Crippen molar-refractivity contribution >= 4 is 23.4 Å². The molecule has 0 radical (unpaired) electrons. The first-order valence-electron chi connectivity index (χ1n) is 10.9. The lowest BCUT2D eigenvalue weighted by Crippen LogP contribution is -2.40. The predicted molar refractivity (Wildman–Crippen MR) is 126 cm³/mol. The fourth-order valence-electron chi connectivity index (χ4n) is 2.84. The Morgan fingerprint density at radius 2 is 1.65 bits per heavy atom. The molecule has 0 amide bonds. The van der Waals surface area contributed by atoms with Gasteiger partial charge in [0.2, 0.25) is 5.28 Å². The van der Waals surface area contributed by atoms with Gasteiger partial charge in [-0.1, -0.05) is 31.4 Å². The van der Waals surface area contributed by atoms with Crippen molar-refractivity contribution in [1.29, 1.82) is 0 Å². The van der Waals surface area contributed by atoms with Crippen LogP contribution < -0.4 is 4.74 Å². The summed E-state index contributed by atoms with van der Waals surface area (Å²) in [6.45, 7) is 5.12. The van der Waals surface area contributed by atoms with Gasteiger partial charge in [-0.05, 0) is 68.8 Å². The Morgan fingerprint density at radius 3 is 2.24 bits per heavy atom. The Labute approximate surface area is 204 Å². The number of esters is 1. The van der Waals surface area contributed by atoms with Crippen LogP contribution in [0.2, 0.25) is 5.02 Å². The Balaban J connectivity index is 1.85. The van der Waals surface area contributed by atoms with Gasteiger partial charge >= 0.3 is 5.97 Å². The summed E-state index contributed by atoms with van der Waals surface area (Å²) in [5.41, 5.74) is -0.373. The van der Waals surface area contributed by atoms with Crippen molar-refractivity contribution in [3.8, 4) is 5.75 Å². The second-order valence-electron chi connectivity index (χ2n) is 8.07. The zero-order valence-corrected chi connectivity index (χ0v) is 20.6. The average molecular weight is 492 g/mol.